The Morgan fingerprint density at radius 1 is 1.03 bits per heavy atom. The molecule has 0 aliphatic heterocycles. The van der Waals surface area contributed by atoms with Crippen molar-refractivity contribution in [2.45, 2.75) is 52.6 Å². The number of ether oxygens (including phenoxy) is 1. The molecule has 0 aromatic heterocycles. The zero-order valence-corrected chi connectivity index (χ0v) is 22.4. The van der Waals surface area contributed by atoms with Crippen molar-refractivity contribution in [1.29, 1.82) is 0 Å². The zero-order chi connectivity index (χ0) is 26.8. The third-order valence-corrected chi connectivity index (χ3v) is 6.77. The molecule has 5 nitrogen and oxygen atoms in total. The van der Waals surface area contributed by atoms with Crippen LogP contribution in [0.5, 0.6) is 5.75 Å². The van der Waals surface area contributed by atoms with Crippen LogP contribution < -0.4 is 10.1 Å². The molecule has 0 fully saturated rings. The average molecular weight is 525 g/mol. The van der Waals surface area contributed by atoms with Gasteiger partial charge in [0, 0.05) is 30.1 Å². The van der Waals surface area contributed by atoms with Crippen molar-refractivity contribution in [2.24, 2.45) is 0 Å². The van der Waals surface area contributed by atoms with Gasteiger partial charge in [0.1, 0.15) is 17.6 Å². The van der Waals surface area contributed by atoms with E-state index in [9.17, 15) is 14.0 Å². The molecule has 0 unspecified atom stereocenters. The van der Waals surface area contributed by atoms with Gasteiger partial charge in [-0.1, -0.05) is 73.5 Å². The van der Waals surface area contributed by atoms with Gasteiger partial charge >= 0.3 is 0 Å². The fourth-order valence-corrected chi connectivity index (χ4v) is 4.20. The highest BCUT2D eigenvalue weighted by atomic mass is 35.5. The molecule has 3 aromatic rings. The number of benzene rings is 3. The zero-order valence-electron chi connectivity index (χ0n) is 21.6. The highest BCUT2D eigenvalue weighted by Gasteiger charge is 2.31. The van der Waals surface area contributed by atoms with Gasteiger partial charge in [-0.2, -0.15) is 0 Å². The molecule has 196 valence electrons. The van der Waals surface area contributed by atoms with Crippen molar-refractivity contribution >= 4 is 23.4 Å². The molecule has 0 saturated carbocycles. The molecular formula is C30H34ClFN2O3. The molecular weight excluding hydrogens is 491 g/mol. The molecule has 37 heavy (non-hydrogen) atoms. The normalized spacial score (nSPS) is 11.6. The molecule has 0 heterocycles. The molecule has 0 aliphatic carbocycles. The standard InChI is InChI=1S/C30H34ClFN2O3/c1-4-5-15-33-30(36)27(18-23-11-7-6-8-12-23)34(19-24-13-9-10-14-26(24)32)28(35)20-37-25-16-21(2)29(31)22(3)17-25/h6-14,16-17,27H,4-5,15,18-20H2,1-3H3,(H,33,36)/t27-/m1/s1. The summed E-state index contributed by atoms with van der Waals surface area (Å²) < 4.78 is 20.5. The fraction of sp³-hybridized carbons (Fsp3) is 0.333. The minimum absolute atomic E-state index is 0.0633. The summed E-state index contributed by atoms with van der Waals surface area (Å²) >= 11 is 6.26. The lowest BCUT2D eigenvalue weighted by molar-refractivity contribution is -0.142. The Morgan fingerprint density at radius 2 is 1.68 bits per heavy atom. The Morgan fingerprint density at radius 3 is 2.32 bits per heavy atom. The van der Waals surface area contributed by atoms with E-state index in [1.807, 2.05) is 51.1 Å². The first-order valence-electron chi connectivity index (χ1n) is 12.5. The van der Waals surface area contributed by atoms with E-state index in [0.29, 0.717) is 22.9 Å². The molecule has 1 atom stereocenters. The van der Waals surface area contributed by atoms with E-state index in [2.05, 4.69) is 5.32 Å². The van der Waals surface area contributed by atoms with E-state index in [4.69, 9.17) is 16.3 Å². The van der Waals surface area contributed by atoms with Crippen LogP contribution in [0.25, 0.3) is 0 Å². The predicted molar refractivity (Wildman–Crippen MR) is 145 cm³/mol. The first kappa shape index (κ1) is 28.2. The molecule has 0 aliphatic rings. The van der Waals surface area contributed by atoms with E-state index in [1.165, 1.54) is 11.0 Å². The van der Waals surface area contributed by atoms with Crippen LogP contribution in [-0.4, -0.2) is 35.9 Å². The second-order valence-corrected chi connectivity index (χ2v) is 9.50. The lowest BCUT2D eigenvalue weighted by Gasteiger charge is -2.31. The molecule has 0 saturated heterocycles. The van der Waals surface area contributed by atoms with Crippen molar-refractivity contribution in [3.8, 4) is 5.75 Å². The van der Waals surface area contributed by atoms with Gasteiger partial charge < -0.3 is 15.0 Å². The van der Waals surface area contributed by atoms with Crippen LogP contribution in [0.2, 0.25) is 5.02 Å². The van der Waals surface area contributed by atoms with Crippen LogP contribution in [0.3, 0.4) is 0 Å². The average Bonchev–Trinajstić information content (AvgIpc) is 2.89. The van der Waals surface area contributed by atoms with Crippen LogP contribution in [0.15, 0.2) is 66.7 Å². The second-order valence-electron chi connectivity index (χ2n) is 9.12. The Labute approximate surface area is 223 Å². The Hall–Kier alpha value is -3.38. The number of amides is 2. The quantitative estimate of drug-likeness (QED) is 0.294. The van der Waals surface area contributed by atoms with Crippen molar-refractivity contribution in [3.63, 3.8) is 0 Å². The number of nitrogens with one attached hydrogen (secondary N) is 1. The number of rotatable bonds is 12. The summed E-state index contributed by atoms with van der Waals surface area (Å²) in [5.74, 6) is -0.624. The highest BCUT2D eigenvalue weighted by molar-refractivity contribution is 6.32. The number of unbranched alkanes of at least 4 members (excludes halogenated alkanes) is 1. The summed E-state index contributed by atoms with van der Waals surface area (Å²) in [6.07, 6.45) is 2.04. The van der Waals surface area contributed by atoms with Crippen LogP contribution in [0.1, 0.15) is 42.0 Å². The van der Waals surface area contributed by atoms with E-state index < -0.39 is 17.8 Å². The van der Waals surface area contributed by atoms with Crippen molar-refractivity contribution in [2.75, 3.05) is 13.2 Å². The first-order chi connectivity index (χ1) is 17.8. The van der Waals surface area contributed by atoms with E-state index in [0.717, 1.165) is 29.5 Å². The van der Waals surface area contributed by atoms with E-state index in [1.54, 1.807) is 30.3 Å². The first-order valence-corrected chi connectivity index (χ1v) is 12.9. The summed E-state index contributed by atoms with van der Waals surface area (Å²) in [6, 6.07) is 18.5. The monoisotopic (exact) mass is 524 g/mol. The molecule has 0 radical (unpaired) electrons. The van der Waals surface area contributed by atoms with Crippen LogP contribution >= 0.6 is 11.6 Å². The smallest absolute Gasteiger partial charge is 0.261 e. The van der Waals surface area contributed by atoms with Gasteiger partial charge in [-0.05, 0) is 55.2 Å². The second kappa shape index (κ2) is 13.8. The number of hydrogen-bond acceptors (Lipinski definition) is 3. The maximum atomic E-state index is 14.6. The number of carbonyl (C=O) groups is 2. The number of hydrogen-bond donors (Lipinski definition) is 1. The van der Waals surface area contributed by atoms with Gasteiger partial charge in [-0.15, -0.1) is 0 Å². The van der Waals surface area contributed by atoms with Crippen molar-refractivity contribution < 1.29 is 18.7 Å². The molecule has 0 bridgehead atoms. The number of carbonyl (C=O) groups excluding carboxylic acids is 2. The van der Waals surface area contributed by atoms with E-state index >= 15 is 0 Å². The highest BCUT2D eigenvalue weighted by Crippen LogP contribution is 2.26. The maximum absolute atomic E-state index is 14.6. The molecule has 2 amide bonds. The Balaban J connectivity index is 1.91. The third kappa shape index (κ3) is 8.05. The molecule has 7 heteroatoms. The van der Waals surface area contributed by atoms with Gasteiger partial charge in [-0.25, -0.2) is 4.39 Å². The number of nitrogens with zero attached hydrogens (tertiary/aromatic N) is 1. The van der Waals surface area contributed by atoms with Crippen LogP contribution in [0, 0.1) is 19.7 Å². The SMILES string of the molecule is CCCCNC(=O)[C@@H](Cc1ccccc1)N(Cc1ccccc1F)C(=O)COc1cc(C)c(Cl)c(C)c1. The molecule has 0 spiro atoms. The topological polar surface area (TPSA) is 58.6 Å². The van der Waals surface area contributed by atoms with Gasteiger partial charge in [-0.3, -0.25) is 9.59 Å². The predicted octanol–water partition coefficient (Wildman–Crippen LogP) is 6.03. The largest absolute Gasteiger partial charge is 0.484 e. The summed E-state index contributed by atoms with van der Waals surface area (Å²) in [7, 11) is 0. The van der Waals surface area contributed by atoms with Gasteiger partial charge in [0.2, 0.25) is 5.91 Å². The summed E-state index contributed by atoms with van der Waals surface area (Å²) in [4.78, 5) is 28.4. The van der Waals surface area contributed by atoms with Gasteiger partial charge in [0.05, 0.1) is 0 Å². The molecule has 3 aromatic carbocycles. The van der Waals surface area contributed by atoms with E-state index in [-0.39, 0.29) is 25.5 Å². The molecule has 3 rings (SSSR count). The van der Waals surface area contributed by atoms with Gasteiger partial charge in [0.25, 0.3) is 5.91 Å². The maximum Gasteiger partial charge on any atom is 0.261 e. The molecule has 1 N–H and O–H groups in total. The number of halogens is 2. The lowest BCUT2D eigenvalue weighted by Crippen LogP contribution is -2.52. The third-order valence-electron chi connectivity index (χ3n) is 6.17. The Kier molecular flexibility index (Phi) is 10.5. The fourth-order valence-electron chi connectivity index (χ4n) is 4.09. The van der Waals surface area contributed by atoms with Crippen molar-refractivity contribution in [3.05, 3.63) is 99.8 Å². The van der Waals surface area contributed by atoms with Crippen LogP contribution in [0.4, 0.5) is 4.39 Å². The summed E-state index contributed by atoms with van der Waals surface area (Å²) in [6.45, 7) is 5.91. The number of aryl methyl sites for hydroxylation is 2. The van der Waals surface area contributed by atoms with Crippen LogP contribution in [-0.2, 0) is 22.6 Å². The lowest BCUT2D eigenvalue weighted by atomic mass is 10.0. The minimum atomic E-state index is -0.844. The summed E-state index contributed by atoms with van der Waals surface area (Å²) in [5.41, 5.74) is 2.90. The minimum Gasteiger partial charge on any atom is -0.484 e. The Bertz CT molecular complexity index is 1180. The van der Waals surface area contributed by atoms with Crippen molar-refractivity contribution in [1.82, 2.24) is 10.2 Å². The summed E-state index contributed by atoms with van der Waals surface area (Å²) in [5, 5.41) is 3.60. The van der Waals surface area contributed by atoms with Gasteiger partial charge in [0.15, 0.2) is 6.61 Å².